The molecule has 0 saturated heterocycles. The Morgan fingerprint density at radius 1 is 1.50 bits per heavy atom. The van der Waals surface area contributed by atoms with Crippen molar-refractivity contribution in [3.8, 4) is 5.88 Å². The van der Waals surface area contributed by atoms with Crippen molar-refractivity contribution in [1.82, 2.24) is 9.97 Å². The topological polar surface area (TPSA) is 72.3 Å². The minimum absolute atomic E-state index is 0.318. The molecule has 1 rings (SSSR count). The molecule has 1 aromatic rings. The first kappa shape index (κ1) is 12.4. The third-order valence-corrected chi connectivity index (χ3v) is 2.16. The summed E-state index contributed by atoms with van der Waals surface area (Å²) in [5.74, 6) is -0.821. The lowest BCUT2D eigenvalue weighted by molar-refractivity contribution is -0.139. The van der Waals surface area contributed by atoms with E-state index in [9.17, 15) is 4.79 Å². The molecule has 5 nitrogen and oxygen atoms in total. The molecular weight excluding hydrogens is 208 g/mol. The summed E-state index contributed by atoms with van der Waals surface area (Å²) in [6.45, 7) is 5.94. The normalized spacial score (nSPS) is 12.2. The van der Waals surface area contributed by atoms with Gasteiger partial charge in [0.15, 0.2) is 0 Å². The summed E-state index contributed by atoms with van der Waals surface area (Å²) < 4.78 is 5.26. The van der Waals surface area contributed by atoms with Gasteiger partial charge in [0.1, 0.15) is 11.7 Å². The van der Waals surface area contributed by atoms with Gasteiger partial charge < -0.3 is 9.84 Å². The zero-order valence-electron chi connectivity index (χ0n) is 9.73. The zero-order valence-corrected chi connectivity index (χ0v) is 9.73. The molecule has 0 radical (unpaired) electrons. The maximum Gasteiger partial charge on any atom is 0.314 e. The van der Waals surface area contributed by atoms with Crippen LogP contribution in [0.4, 0.5) is 0 Å². The van der Waals surface area contributed by atoms with E-state index < -0.39 is 11.9 Å². The molecule has 5 heteroatoms. The lowest BCUT2D eigenvalue weighted by Gasteiger charge is -2.10. The molecule has 16 heavy (non-hydrogen) atoms. The number of aromatic nitrogens is 2. The maximum atomic E-state index is 11.0. The number of aryl methyl sites for hydroxylation is 1. The minimum atomic E-state index is -0.907. The Bertz CT molecular complexity index is 379. The Hall–Kier alpha value is -1.65. The number of hydrogen-bond acceptors (Lipinski definition) is 4. The van der Waals surface area contributed by atoms with Gasteiger partial charge in [-0.05, 0) is 20.3 Å². The van der Waals surface area contributed by atoms with Gasteiger partial charge in [0.05, 0.1) is 6.61 Å². The molecule has 0 saturated carbocycles. The van der Waals surface area contributed by atoms with Crippen LogP contribution in [0, 0.1) is 6.92 Å². The Labute approximate surface area is 94.5 Å². The predicted octanol–water partition coefficient (Wildman–Crippen LogP) is 1.76. The quantitative estimate of drug-likeness (QED) is 0.825. The lowest BCUT2D eigenvalue weighted by Crippen LogP contribution is -2.15. The number of hydrogen-bond donors (Lipinski definition) is 1. The maximum absolute atomic E-state index is 11.0. The fraction of sp³-hybridized carbons (Fsp3) is 0.545. The van der Waals surface area contributed by atoms with Gasteiger partial charge in [-0.1, -0.05) is 6.92 Å². The highest BCUT2D eigenvalue weighted by Crippen LogP contribution is 2.19. The molecule has 1 N–H and O–H groups in total. The molecule has 0 aliphatic heterocycles. The van der Waals surface area contributed by atoms with Crippen molar-refractivity contribution in [2.24, 2.45) is 0 Å². The number of carbonyl (C=O) groups is 1. The summed E-state index contributed by atoms with van der Waals surface area (Å²) >= 11 is 0. The molecule has 0 aliphatic carbocycles. The highest BCUT2D eigenvalue weighted by atomic mass is 16.5. The van der Waals surface area contributed by atoms with Crippen LogP contribution in [0.15, 0.2) is 6.07 Å². The smallest absolute Gasteiger partial charge is 0.314 e. The second-order valence-corrected chi connectivity index (χ2v) is 3.44. The van der Waals surface area contributed by atoms with E-state index in [0.717, 1.165) is 0 Å². The Morgan fingerprint density at radius 3 is 2.69 bits per heavy atom. The number of rotatable bonds is 5. The third-order valence-electron chi connectivity index (χ3n) is 2.16. The van der Waals surface area contributed by atoms with Crippen LogP contribution < -0.4 is 4.74 Å². The van der Waals surface area contributed by atoms with Crippen molar-refractivity contribution in [3.63, 3.8) is 0 Å². The Morgan fingerprint density at radius 2 is 2.19 bits per heavy atom. The monoisotopic (exact) mass is 224 g/mol. The minimum Gasteiger partial charge on any atom is -0.481 e. The van der Waals surface area contributed by atoms with Crippen LogP contribution in [0.2, 0.25) is 0 Å². The van der Waals surface area contributed by atoms with Gasteiger partial charge in [0, 0.05) is 11.8 Å². The van der Waals surface area contributed by atoms with E-state index in [-0.39, 0.29) is 0 Å². The largest absolute Gasteiger partial charge is 0.481 e. The summed E-state index contributed by atoms with van der Waals surface area (Å²) in [5, 5.41) is 9.02. The van der Waals surface area contributed by atoms with Crippen LogP contribution in [-0.2, 0) is 4.79 Å². The third kappa shape index (κ3) is 2.92. The molecule has 88 valence electrons. The van der Waals surface area contributed by atoms with Gasteiger partial charge >= 0.3 is 5.97 Å². The van der Waals surface area contributed by atoms with Gasteiger partial charge in [-0.2, -0.15) is 4.98 Å². The molecule has 0 bridgehead atoms. The summed E-state index contributed by atoms with van der Waals surface area (Å²) in [6, 6.07) is 1.70. The summed E-state index contributed by atoms with van der Waals surface area (Å²) in [5.41, 5.74) is 0.716. The van der Waals surface area contributed by atoms with Crippen LogP contribution in [0.3, 0.4) is 0 Å². The van der Waals surface area contributed by atoms with E-state index in [1.165, 1.54) is 0 Å². The van der Waals surface area contributed by atoms with Gasteiger partial charge in [-0.15, -0.1) is 0 Å². The first-order valence-corrected chi connectivity index (χ1v) is 5.29. The van der Waals surface area contributed by atoms with Crippen molar-refractivity contribution >= 4 is 5.97 Å². The van der Waals surface area contributed by atoms with Gasteiger partial charge in [-0.3, -0.25) is 4.79 Å². The first-order valence-electron chi connectivity index (χ1n) is 5.29. The number of carboxylic acid groups (broad SMARTS) is 1. The van der Waals surface area contributed by atoms with Crippen LogP contribution in [0.25, 0.3) is 0 Å². The molecular formula is C11H16N2O3. The summed E-state index contributed by atoms with van der Waals surface area (Å²) in [7, 11) is 0. The number of ether oxygens (including phenoxy) is 1. The van der Waals surface area contributed by atoms with Crippen molar-refractivity contribution < 1.29 is 14.6 Å². The zero-order chi connectivity index (χ0) is 12.1. The summed E-state index contributed by atoms with van der Waals surface area (Å²) in [4.78, 5) is 19.2. The fourth-order valence-corrected chi connectivity index (χ4v) is 1.41. The SMILES string of the molecule is CCOc1cc(C)nc(C(CC)C(=O)O)n1. The van der Waals surface area contributed by atoms with E-state index in [2.05, 4.69) is 9.97 Å². The van der Waals surface area contributed by atoms with Crippen molar-refractivity contribution in [2.75, 3.05) is 6.61 Å². The second kappa shape index (κ2) is 5.44. The van der Waals surface area contributed by atoms with Crippen LogP contribution in [0.5, 0.6) is 5.88 Å². The van der Waals surface area contributed by atoms with E-state index in [1.54, 1.807) is 19.9 Å². The lowest BCUT2D eigenvalue weighted by atomic mass is 10.1. The van der Waals surface area contributed by atoms with Crippen LogP contribution >= 0.6 is 0 Å². The predicted molar refractivity (Wildman–Crippen MR) is 58.6 cm³/mol. The highest BCUT2D eigenvalue weighted by molar-refractivity contribution is 5.74. The second-order valence-electron chi connectivity index (χ2n) is 3.44. The summed E-state index contributed by atoms with van der Waals surface area (Å²) in [6.07, 6.45) is 0.463. The van der Waals surface area contributed by atoms with Crippen molar-refractivity contribution in [1.29, 1.82) is 0 Å². The number of carboxylic acids is 1. The van der Waals surface area contributed by atoms with Gasteiger partial charge in [-0.25, -0.2) is 4.98 Å². The first-order chi connectivity index (χ1) is 7.58. The Kier molecular flexibility index (Phi) is 4.22. The number of aliphatic carboxylic acids is 1. The van der Waals surface area contributed by atoms with E-state index in [0.29, 0.717) is 30.4 Å². The Balaban J connectivity index is 3.07. The standard InChI is InChI=1S/C11H16N2O3/c1-4-8(11(14)15)10-12-7(3)6-9(13-10)16-5-2/h6,8H,4-5H2,1-3H3,(H,14,15). The average molecular weight is 224 g/mol. The number of nitrogens with zero attached hydrogens (tertiary/aromatic N) is 2. The highest BCUT2D eigenvalue weighted by Gasteiger charge is 2.21. The fourth-order valence-electron chi connectivity index (χ4n) is 1.41. The molecule has 0 amide bonds. The van der Waals surface area contributed by atoms with E-state index in [1.807, 2.05) is 6.92 Å². The molecule has 0 fully saturated rings. The van der Waals surface area contributed by atoms with E-state index >= 15 is 0 Å². The van der Waals surface area contributed by atoms with Gasteiger partial charge in [0.2, 0.25) is 5.88 Å². The molecule has 0 aliphatic rings. The van der Waals surface area contributed by atoms with Crippen molar-refractivity contribution in [3.05, 3.63) is 17.6 Å². The molecule has 0 aromatic carbocycles. The van der Waals surface area contributed by atoms with E-state index in [4.69, 9.17) is 9.84 Å². The van der Waals surface area contributed by atoms with Crippen molar-refractivity contribution in [2.45, 2.75) is 33.1 Å². The van der Waals surface area contributed by atoms with Gasteiger partial charge in [0.25, 0.3) is 0 Å². The molecule has 0 spiro atoms. The average Bonchev–Trinajstić information content (AvgIpc) is 2.17. The molecule has 1 unspecified atom stereocenters. The van der Waals surface area contributed by atoms with Crippen LogP contribution in [0.1, 0.15) is 37.7 Å². The van der Waals surface area contributed by atoms with Crippen LogP contribution in [-0.4, -0.2) is 27.7 Å². The molecule has 1 atom stereocenters. The molecule has 1 aromatic heterocycles. The molecule has 1 heterocycles.